The summed E-state index contributed by atoms with van der Waals surface area (Å²) in [6, 6.07) is 5.80. The first kappa shape index (κ1) is 15.8. The summed E-state index contributed by atoms with van der Waals surface area (Å²) in [7, 11) is 1.64. The summed E-state index contributed by atoms with van der Waals surface area (Å²) in [4.78, 5) is 0. The number of ether oxygens (including phenoxy) is 3. The molecule has 108 valence electrons. The molecule has 0 saturated heterocycles. The van der Waals surface area contributed by atoms with Crippen molar-refractivity contribution in [2.75, 3.05) is 26.9 Å². The van der Waals surface area contributed by atoms with Gasteiger partial charge >= 0.3 is 0 Å². The summed E-state index contributed by atoms with van der Waals surface area (Å²) < 4.78 is 16.6. The van der Waals surface area contributed by atoms with Crippen molar-refractivity contribution in [1.29, 1.82) is 0 Å². The van der Waals surface area contributed by atoms with Gasteiger partial charge in [0.2, 0.25) is 0 Å². The third-order valence-corrected chi connectivity index (χ3v) is 2.56. The van der Waals surface area contributed by atoms with Crippen molar-refractivity contribution >= 4 is 0 Å². The molecule has 0 aromatic heterocycles. The number of hydrogen-bond donors (Lipinski definition) is 1. The smallest absolute Gasteiger partial charge is 0.126 e. The van der Waals surface area contributed by atoms with Crippen LogP contribution in [0.2, 0.25) is 0 Å². The molecule has 19 heavy (non-hydrogen) atoms. The van der Waals surface area contributed by atoms with Crippen molar-refractivity contribution in [3.63, 3.8) is 0 Å². The fourth-order valence-electron chi connectivity index (χ4n) is 1.66. The quantitative estimate of drug-likeness (QED) is 0.771. The molecule has 1 aromatic carbocycles. The molecule has 0 spiro atoms. The van der Waals surface area contributed by atoms with Crippen LogP contribution in [0.25, 0.3) is 0 Å². The van der Waals surface area contributed by atoms with Crippen molar-refractivity contribution in [1.82, 2.24) is 0 Å². The zero-order valence-corrected chi connectivity index (χ0v) is 12.4. The van der Waals surface area contributed by atoms with E-state index in [0.29, 0.717) is 19.8 Å². The van der Waals surface area contributed by atoms with E-state index in [4.69, 9.17) is 19.9 Å². The lowest BCUT2D eigenvalue weighted by atomic mass is 10.1. The largest absolute Gasteiger partial charge is 0.497 e. The molecule has 0 saturated carbocycles. The first-order chi connectivity index (χ1) is 8.96. The summed E-state index contributed by atoms with van der Waals surface area (Å²) >= 11 is 0. The van der Waals surface area contributed by atoms with Crippen LogP contribution in [0, 0.1) is 0 Å². The lowest BCUT2D eigenvalue weighted by Crippen LogP contribution is -2.22. The van der Waals surface area contributed by atoms with E-state index < -0.39 is 0 Å². The van der Waals surface area contributed by atoms with E-state index >= 15 is 0 Å². The average Bonchev–Trinajstić information content (AvgIpc) is 2.35. The average molecular weight is 267 g/mol. The molecule has 1 aromatic rings. The van der Waals surface area contributed by atoms with E-state index in [9.17, 15) is 0 Å². The zero-order valence-electron chi connectivity index (χ0n) is 12.4. The van der Waals surface area contributed by atoms with Gasteiger partial charge in [-0.3, -0.25) is 0 Å². The Morgan fingerprint density at radius 1 is 1.16 bits per heavy atom. The van der Waals surface area contributed by atoms with Gasteiger partial charge in [0, 0.05) is 6.07 Å². The summed E-state index contributed by atoms with van der Waals surface area (Å²) in [6.45, 7) is 7.75. The van der Waals surface area contributed by atoms with Gasteiger partial charge in [-0.2, -0.15) is 0 Å². The second-order valence-electron chi connectivity index (χ2n) is 5.32. The number of rotatable bonds is 7. The van der Waals surface area contributed by atoms with Crippen LogP contribution < -0.4 is 15.2 Å². The number of nitrogens with two attached hydrogens (primary N) is 1. The summed E-state index contributed by atoms with van der Waals surface area (Å²) in [5, 5.41) is 0. The number of hydrogen-bond acceptors (Lipinski definition) is 4. The Morgan fingerprint density at radius 2 is 1.89 bits per heavy atom. The van der Waals surface area contributed by atoms with Crippen LogP contribution in [0.4, 0.5) is 0 Å². The fourth-order valence-corrected chi connectivity index (χ4v) is 1.66. The maximum Gasteiger partial charge on any atom is 0.126 e. The van der Waals surface area contributed by atoms with E-state index in [-0.39, 0.29) is 5.60 Å². The van der Waals surface area contributed by atoms with Gasteiger partial charge in [-0.25, -0.2) is 0 Å². The normalized spacial score (nSPS) is 11.4. The summed E-state index contributed by atoms with van der Waals surface area (Å²) in [6.07, 6.45) is 0.791. The van der Waals surface area contributed by atoms with Gasteiger partial charge < -0.3 is 19.9 Å². The van der Waals surface area contributed by atoms with Crippen molar-refractivity contribution < 1.29 is 14.2 Å². The van der Waals surface area contributed by atoms with Crippen LogP contribution in [0.5, 0.6) is 11.5 Å². The Hall–Kier alpha value is -1.26. The molecular formula is C15H25NO3. The molecule has 0 unspecified atom stereocenters. The highest BCUT2D eigenvalue weighted by Gasteiger charge is 2.10. The third-order valence-electron chi connectivity index (χ3n) is 2.56. The molecule has 0 bridgehead atoms. The predicted octanol–water partition coefficient (Wildman–Crippen LogP) is 2.39. The second-order valence-corrected chi connectivity index (χ2v) is 5.32. The minimum Gasteiger partial charge on any atom is -0.497 e. The minimum absolute atomic E-state index is 0.141. The van der Waals surface area contributed by atoms with Gasteiger partial charge in [0.05, 0.1) is 19.3 Å². The van der Waals surface area contributed by atoms with E-state index in [0.717, 1.165) is 23.5 Å². The molecule has 2 N–H and O–H groups in total. The molecule has 0 radical (unpaired) electrons. The number of benzene rings is 1. The van der Waals surface area contributed by atoms with Crippen LogP contribution >= 0.6 is 0 Å². The minimum atomic E-state index is -0.141. The molecule has 0 aliphatic heterocycles. The van der Waals surface area contributed by atoms with Gasteiger partial charge in [-0.05, 0) is 45.4 Å². The first-order valence-corrected chi connectivity index (χ1v) is 6.60. The molecule has 0 amide bonds. The molecular weight excluding hydrogens is 242 g/mol. The summed E-state index contributed by atoms with van der Waals surface area (Å²) in [5.74, 6) is 1.61. The fraction of sp³-hybridized carbons (Fsp3) is 0.600. The van der Waals surface area contributed by atoms with Crippen LogP contribution in [-0.2, 0) is 11.2 Å². The molecule has 0 atom stereocenters. The first-order valence-electron chi connectivity index (χ1n) is 6.60. The van der Waals surface area contributed by atoms with Crippen molar-refractivity contribution in [2.45, 2.75) is 32.8 Å². The topological polar surface area (TPSA) is 53.7 Å². The Balaban J connectivity index is 2.59. The zero-order chi connectivity index (χ0) is 14.3. The lowest BCUT2D eigenvalue weighted by molar-refractivity contribution is -0.0164. The van der Waals surface area contributed by atoms with E-state index in [1.165, 1.54) is 0 Å². The van der Waals surface area contributed by atoms with Crippen molar-refractivity contribution in [2.24, 2.45) is 5.73 Å². The molecule has 4 heteroatoms. The molecule has 0 heterocycles. The molecule has 4 nitrogen and oxygen atoms in total. The molecule has 1 rings (SSSR count). The monoisotopic (exact) mass is 267 g/mol. The van der Waals surface area contributed by atoms with E-state index in [2.05, 4.69) is 0 Å². The van der Waals surface area contributed by atoms with Crippen molar-refractivity contribution in [3.05, 3.63) is 23.8 Å². The Bertz CT molecular complexity index is 385. The van der Waals surface area contributed by atoms with Gasteiger partial charge in [0.1, 0.15) is 18.1 Å². The second kappa shape index (κ2) is 7.36. The van der Waals surface area contributed by atoms with Crippen LogP contribution in [0.3, 0.4) is 0 Å². The predicted molar refractivity (Wildman–Crippen MR) is 77.0 cm³/mol. The molecule has 0 aliphatic carbocycles. The third kappa shape index (κ3) is 5.94. The Morgan fingerprint density at radius 3 is 2.47 bits per heavy atom. The Kier molecular flexibility index (Phi) is 6.12. The van der Waals surface area contributed by atoms with E-state index in [1.54, 1.807) is 7.11 Å². The van der Waals surface area contributed by atoms with Crippen molar-refractivity contribution in [3.8, 4) is 11.5 Å². The standard InChI is InChI=1S/C15H25NO3/c1-15(2,3)19-10-9-18-14-11-13(17-4)6-5-12(14)7-8-16/h5-6,11H,7-10,16H2,1-4H3. The van der Waals surface area contributed by atoms with Gasteiger partial charge in [-0.15, -0.1) is 0 Å². The summed E-state index contributed by atoms with van der Waals surface area (Å²) in [5.41, 5.74) is 6.56. The number of methoxy groups -OCH3 is 1. The maximum atomic E-state index is 5.77. The Labute approximate surface area is 115 Å². The van der Waals surface area contributed by atoms with Crippen LogP contribution in [0.1, 0.15) is 26.3 Å². The van der Waals surface area contributed by atoms with Gasteiger partial charge in [0.25, 0.3) is 0 Å². The molecule has 0 aliphatic rings. The van der Waals surface area contributed by atoms with E-state index in [1.807, 2.05) is 39.0 Å². The highest BCUT2D eigenvalue weighted by atomic mass is 16.5. The van der Waals surface area contributed by atoms with Crippen LogP contribution in [0.15, 0.2) is 18.2 Å². The van der Waals surface area contributed by atoms with Gasteiger partial charge in [-0.1, -0.05) is 6.07 Å². The van der Waals surface area contributed by atoms with Gasteiger partial charge in [0.15, 0.2) is 0 Å². The lowest BCUT2D eigenvalue weighted by Gasteiger charge is -2.20. The maximum absolute atomic E-state index is 5.77. The molecule has 0 fully saturated rings. The highest BCUT2D eigenvalue weighted by Crippen LogP contribution is 2.25. The SMILES string of the molecule is COc1ccc(CCN)c(OCCOC(C)(C)C)c1. The highest BCUT2D eigenvalue weighted by molar-refractivity contribution is 5.40. The van der Waals surface area contributed by atoms with Crippen LogP contribution in [-0.4, -0.2) is 32.5 Å².